The number of nitriles is 1. The van der Waals surface area contributed by atoms with E-state index in [1.807, 2.05) is 6.07 Å². The van der Waals surface area contributed by atoms with Gasteiger partial charge in [0.1, 0.15) is 5.75 Å². The van der Waals surface area contributed by atoms with E-state index in [4.69, 9.17) is 21.6 Å². The Morgan fingerprint density at radius 2 is 2.21 bits per heavy atom. The van der Waals surface area contributed by atoms with Gasteiger partial charge in [-0.25, -0.2) is 0 Å². The van der Waals surface area contributed by atoms with Crippen LogP contribution in [0.3, 0.4) is 0 Å². The lowest BCUT2D eigenvalue weighted by Crippen LogP contribution is -2.36. The number of nitrogens with one attached hydrogen (secondary N) is 1. The van der Waals surface area contributed by atoms with E-state index in [1.165, 1.54) is 18.9 Å². The minimum absolute atomic E-state index is 0.0535. The molecule has 0 aromatic heterocycles. The van der Waals surface area contributed by atoms with Gasteiger partial charge in [-0.15, -0.1) is 0 Å². The van der Waals surface area contributed by atoms with Crippen LogP contribution in [-0.2, 0) is 4.79 Å². The van der Waals surface area contributed by atoms with Gasteiger partial charge in [0.2, 0.25) is 0 Å². The molecule has 0 heterocycles. The number of nitrogens with zero attached hydrogens (tertiary/aromatic N) is 1. The third-order valence-electron chi connectivity index (χ3n) is 3.14. The molecule has 4 nitrogen and oxygen atoms in total. The first-order chi connectivity index (χ1) is 9.19. The fraction of sp³-hybridized carbons (Fsp3) is 0.429. The Bertz CT molecular complexity index is 505. The molecule has 1 N–H and O–H groups in total. The van der Waals surface area contributed by atoms with Gasteiger partial charge < -0.3 is 10.1 Å². The third kappa shape index (κ3) is 3.87. The maximum Gasteiger partial charge on any atom is 0.258 e. The zero-order chi connectivity index (χ0) is 13.7. The number of amides is 1. The highest BCUT2D eigenvalue weighted by atomic mass is 35.5. The molecule has 1 aliphatic carbocycles. The van der Waals surface area contributed by atoms with Crippen LogP contribution < -0.4 is 10.1 Å². The molecule has 1 saturated carbocycles. The Hall–Kier alpha value is -1.73. The summed E-state index contributed by atoms with van der Waals surface area (Å²) in [5.41, 5.74) is 0.466. The summed E-state index contributed by atoms with van der Waals surface area (Å²) in [6, 6.07) is 7.00. The van der Waals surface area contributed by atoms with Gasteiger partial charge in [0.25, 0.3) is 5.91 Å². The summed E-state index contributed by atoms with van der Waals surface area (Å²) >= 11 is 5.95. The van der Waals surface area contributed by atoms with Crippen LogP contribution in [0, 0.1) is 11.3 Å². The highest BCUT2D eigenvalue weighted by molar-refractivity contribution is 6.32. The van der Waals surface area contributed by atoms with E-state index in [-0.39, 0.29) is 18.6 Å². The smallest absolute Gasteiger partial charge is 0.258 e. The molecular formula is C14H15ClN2O2. The van der Waals surface area contributed by atoms with Gasteiger partial charge in [0.15, 0.2) is 6.61 Å². The highest BCUT2D eigenvalue weighted by Crippen LogP contribution is 2.25. The number of hydrogen-bond acceptors (Lipinski definition) is 3. The van der Waals surface area contributed by atoms with E-state index in [0.29, 0.717) is 16.3 Å². The number of benzene rings is 1. The van der Waals surface area contributed by atoms with Crippen molar-refractivity contribution in [3.05, 3.63) is 28.8 Å². The van der Waals surface area contributed by atoms with Crippen molar-refractivity contribution in [1.82, 2.24) is 5.32 Å². The lowest BCUT2D eigenvalue weighted by molar-refractivity contribution is -0.123. The van der Waals surface area contributed by atoms with Crippen molar-refractivity contribution in [3.8, 4) is 11.8 Å². The molecule has 1 aromatic rings. The minimum Gasteiger partial charge on any atom is -0.482 e. The monoisotopic (exact) mass is 278 g/mol. The Labute approximate surface area is 117 Å². The van der Waals surface area contributed by atoms with Crippen molar-refractivity contribution in [2.45, 2.75) is 31.7 Å². The summed E-state index contributed by atoms with van der Waals surface area (Å²) < 4.78 is 5.35. The van der Waals surface area contributed by atoms with E-state index in [2.05, 4.69) is 5.32 Å². The van der Waals surface area contributed by atoms with Gasteiger partial charge in [-0.3, -0.25) is 4.79 Å². The van der Waals surface area contributed by atoms with Crippen LogP contribution in [0.25, 0.3) is 0 Å². The number of carbonyl (C=O) groups is 1. The lowest BCUT2D eigenvalue weighted by atomic mass is 10.2. The average Bonchev–Trinajstić information content (AvgIpc) is 2.90. The molecule has 1 amide bonds. The van der Waals surface area contributed by atoms with Crippen molar-refractivity contribution < 1.29 is 9.53 Å². The number of halogens is 1. The second kappa shape index (κ2) is 6.44. The highest BCUT2D eigenvalue weighted by Gasteiger charge is 2.17. The van der Waals surface area contributed by atoms with Crippen LogP contribution in [0.4, 0.5) is 0 Å². The molecule has 0 bridgehead atoms. The first-order valence-electron chi connectivity index (χ1n) is 6.31. The molecule has 0 spiro atoms. The van der Waals surface area contributed by atoms with Crippen LogP contribution in [0.15, 0.2) is 18.2 Å². The topological polar surface area (TPSA) is 62.1 Å². The first-order valence-corrected chi connectivity index (χ1v) is 6.68. The molecule has 1 fully saturated rings. The molecular weight excluding hydrogens is 264 g/mol. The largest absolute Gasteiger partial charge is 0.482 e. The summed E-state index contributed by atoms with van der Waals surface area (Å²) in [6.07, 6.45) is 4.44. The van der Waals surface area contributed by atoms with E-state index in [0.717, 1.165) is 12.8 Å². The summed E-state index contributed by atoms with van der Waals surface area (Å²) in [7, 11) is 0. The van der Waals surface area contributed by atoms with E-state index in [9.17, 15) is 4.79 Å². The van der Waals surface area contributed by atoms with Crippen LogP contribution in [0.1, 0.15) is 31.2 Å². The molecule has 0 atom stereocenters. The Kier molecular flexibility index (Phi) is 4.64. The molecule has 0 radical (unpaired) electrons. The number of ether oxygens (including phenoxy) is 1. The molecule has 19 heavy (non-hydrogen) atoms. The Morgan fingerprint density at radius 3 is 2.84 bits per heavy atom. The van der Waals surface area contributed by atoms with Crippen LogP contribution in [0.5, 0.6) is 5.75 Å². The van der Waals surface area contributed by atoms with E-state index >= 15 is 0 Å². The molecule has 0 aliphatic heterocycles. The van der Waals surface area contributed by atoms with Gasteiger partial charge >= 0.3 is 0 Å². The standard InChI is InChI=1S/C14H15ClN2O2/c15-12-7-10(8-16)5-6-13(12)19-9-14(18)17-11-3-1-2-4-11/h5-7,11H,1-4,9H2,(H,17,18). The van der Waals surface area contributed by atoms with Crippen molar-refractivity contribution in [2.75, 3.05) is 6.61 Å². The van der Waals surface area contributed by atoms with Crippen molar-refractivity contribution >= 4 is 17.5 Å². The quantitative estimate of drug-likeness (QED) is 0.921. The number of carbonyl (C=O) groups excluding carboxylic acids is 1. The van der Waals surface area contributed by atoms with Gasteiger partial charge in [-0.2, -0.15) is 5.26 Å². The normalized spacial score (nSPS) is 14.9. The summed E-state index contributed by atoms with van der Waals surface area (Å²) in [5, 5.41) is 12.0. The van der Waals surface area contributed by atoms with Gasteiger partial charge in [0, 0.05) is 6.04 Å². The lowest BCUT2D eigenvalue weighted by Gasteiger charge is -2.13. The molecule has 5 heteroatoms. The second-order valence-corrected chi connectivity index (χ2v) is 5.00. The molecule has 0 unspecified atom stereocenters. The van der Waals surface area contributed by atoms with E-state index in [1.54, 1.807) is 12.1 Å². The van der Waals surface area contributed by atoms with Crippen molar-refractivity contribution in [2.24, 2.45) is 0 Å². The van der Waals surface area contributed by atoms with Gasteiger partial charge in [-0.1, -0.05) is 24.4 Å². The maximum absolute atomic E-state index is 11.7. The van der Waals surface area contributed by atoms with Crippen LogP contribution in [-0.4, -0.2) is 18.6 Å². The SMILES string of the molecule is N#Cc1ccc(OCC(=O)NC2CCCC2)c(Cl)c1. The van der Waals surface area contributed by atoms with Crippen LogP contribution >= 0.6 is 11.6 Å². The number of rotatable bonds is 4. The average molecular weight is 279 g/mol. The molecule has 0 saturated heterocycles. The molecule has 2 rings (SSSR count). The zero-order valence-corrected chi connectivity index (χ0v) is 11.2. The molecule has 100 valence electrons. The zero-order valence-electron chi connectivity index (χ0n) is 10.5. The molecule has 1 aliphatic rings. The maximum atomic E-state index is 11.7. The van der Waals surface area contributed by atoms with Gasteiger partial charge in [0.05, 0.1) is 16.7 Å². The number of hydrogen-bond donors (Lipinski definition) is 1. The minimum atomic E-state index is -0.132. The van der Waals surface area contributed by atoms with Crippen molar-refractivity contribution in [1.29, 1.82) is 5.26 Å². The van der Waals surface area contributed by atoms with Crippen LogP contribution in [0.2, 0.25) is 5.02 Å². The third-order valence-corrected chi connectivity index (χ3v) is 3.44. The fourth-order valence-corrected chi connectivity index (χ4v) is 2.41. The van der Waals surface area contributed by atoms with Crippen molar-refractivity contribution in [3.63, 3.8) is 0 Å². The van der Waals surface area contributed by atoms with E-state index < -0.39 is 0 Å². The second-order valence-electron chi connectivity index (χ2n) is 4.59. The Morgan fingerprint density at radius 1 is 1.47 bits per heavy atom. The predicted molar refractivity (Wildman–Crippen MR) is 72.1 cm³/mol. The predicted octanol–water partition coefficient (Wildman–Crippen LogP) is 2.65. The summed E-state index contributed by atoms with van der Waals surface area (Å²) in [6.45, 7) is -0.0535. The van der Waals surface area contributed by atoms with Gasteiger partial charge in [-0.05, 0) is 31.0 Å². The summed E-state index contributed by atoms with van der Waals surface area (Å²) in [4.78, 5) is 11.7. The fourth-order valence-electron chi connectivity index (χ4n) is 2.17. The Balaban J connectivity index is 1.84. The summed E-state index contributed by atoms with van der Waals surface area (Å²) in [5.74, 6) is 0.287. The molecule has 1 aromatic carbocycles. The first kappa shape index (κ1) is 13.7.